The van der Waals surface area contributed by atoms with Gasteiger partial charge in [-0.25, -0.2) is 4.39 Å². The molecule has 0 atom stereocenters. The molecule has 20 heavy (non-hydrogen) atoms. The van der Waals surface area contributed by atoms with E-state index in [1.807, 2.05) is 24.3 Å². The van der Waals surface area contributed by atoms with Crippen LogP contribution in [0.1, 0.15) is 5.56 Å². The van der Waals surface area contributed by atoms with E-state index in [0.29, 0.717) is 6.54 Å². The van der Waals surface area contributed by atoms with Gasteiger partial charge < -0.3 is 9.47 Å². The fourth-order valence-electron chi connectivity index (χ4n) is 2.45. The first-order valence-electron chi connectivity index (χ1n) is 6.39. The number of pyridine rings is 1. The van der Waals surface area contributed by atoms with Gasteiger partial charge in [-0.15, -0.1) is 0 Å². The number of para-hydroxylation sites is 1. The van der Waals surface area contributed by atoms with Crippen LogP contribution in [0.4, 0.5) is 10.1 Å². The molecule has 0 saturated carbocycles. The van der Waals surface area contributed by atoms with Crippen molar-refractivity contribution in [3.05, 3.63) is 64.3 Å². The van der Waals surface area contributed by atoms with Crippen molar-refractivity contribution in [1.82, 2.24) is 4.57 Å². The first-order chi connectivity index (χ1) is 9.65. The van der Waals surface area contributed by atoms with Gasteiger partial charge in [0.15, 0.2) is 0 Å². The molecule has 0 radical (unpaired) electrons. The number of benzene rings is 1. The number of hydrogen-bond donors (Lipinski definition) is 0. The van der Waals surface area contributed by atoms with Gasteiger partial charge in [0, 0.05) is 24.5 Å². The normalized spacial score (nSPS) is 13.3. The van der Waals surface area contributed by atoms with E-state index >= 15 is 0 Å². The Bertz CT molecular complexity index is 724. The SMILES string of the molecule is O=C(Cn1cc(F)ccc1=O)N1CCc2ccccc21. The summed E-state index contributed by atoms with van der Waals surface area (Å²) in [6.45, 7) is 0.452. The maximum absolute atomic E-state index is 13.1. The molecule has 2 aromatic rings. The van der Waals surface area contributed by atoms with Crippen LogP contribution in [-0.2, 0) is 17.8 Å². The standard InChI is InChI=1S/C15H13FN2O2/c16-12-5-6-14(19)17(9-12)10-15(20)18-8-7-11-3-1-2-4-13(11)18/h1-6,9H,7-8,10H2. The van der Waals surface area contributed by atoms with E-state index in [1.54, 1.807) is 4.90 Å². The molecule has 5 heteroatoms. The molecule has 1 amide bonds. The zero-order chi connectivity index (χ0) is 14.1. The summed E-state index contributed by atoms with van der Waals surface area (Å²) in [7, 11) is 0. The largest absolute Gasteiger partial charge is 0.310 e. The first kappa shape index (κ1) is 12.6. The predicted molar refractivity (Wildman–Crippen MR) is 73.2 cm³/mol. The molecule has 1 aromatic heterocycles. The van der Waals surface area contributed by atoms with Crippen molar-refractivity contribution in [2.24, 2.45) is 0 Å². The Labute approximate surface area is 115 Å². The number of nitrogens with zero attached hydrogens (tertiary/aromatic N) is 2. The van der Waals surface area contributed by atoms with E-state index in [-0.39, 0.29) is 18.0 Å². The summed E-state index contributed by atoms with van der Waals surface area (Å²) in [6, 6.07) is 9.89. The third-order valence-corrected chi connectivity index (χ3v) is 3.44. The topological polar surface area (TPSA) is 42.3 Å². The number of rotatable bonds is 2. The molecule has 0 saturated heterocycles. The molecule has 1 aliphatic heterocycles. The first-order valence-corrected chi connectivity index (χ1v) is 6.39. The minimum absolute atomic E-state index is 0.148. The Hall–Kier alpha value is -2.43. The van der Waals surface area contributed by atoms with Gasteiger partial charge in [-0.3, -0.25) is 9.59 Å². The van der Waals surface area contributed by atoms with Crippen LogP contribution in [0, 0.1) is 5.82 Å². The molecule has 0 fully saturated rings. The number of hydrogen-bond acceptors (Lipinski definition) is 2. The van der Waals surface area contributed by atoms with Crippen molar-refractivity contribution >= 4 is 11.6 Å². The molecule has 4 nitrogen and oxygen atoms in total. The number of halogens is 1. The molecule has 0 aliphatic carbocycles. The smallest absolute Gasteiger partial charge is 0.251 e. The summed E-state index contributed by atoms with van der Waals surface area (Å²) in [4.78, 5) is 25.5. The highest BCUT2D eigenvalue weighted by Crippen LogP contribution is 2.27. The van der Waals surface area contributed by atoms with Gasteiger partial charge >= 0.3 is 0 Å². The van der Waals surface area contributed by atoms with Crippen molar-refractivity contribution in [1.29, 1.82) is 0 Å². The highest BCUT2D eigenvalue weighted by Gasteiger charge is 2.24. The second-order valence-electron chi connectivity index (χ2n) is 4.74. The highest BCUT2D eigenvalue weighted by molar-refractivity contribution is 5.95. The minimum atomic E-state index is -0.528. The van der Waals surface area contributed by atoms with Crippen LogP contribution in [0.2, 0.25) is 0 Å². The van der Waals surface area contributed by atoms with Gasteiger partial charge in [-0.2, -0.15) is 0 Å². The van der Waals surface area contributed by atoms with E-state index in [2.05, 4.69) is 0 Å². The second kappa shape index (κ2) is 4.92. The van der Waals surface area contributed by atoms with Crippen molar-refractivity contribution < 1.29 is 9.18 Å². The van der Waals surface area contributed by atoms with Crippen LogP contribution in [0.25, 0.3) is 0 Å². The van der Waals surface area contributed by atoms with E-state index in [4.69, 9.17) is 0 Å². The van der Waals surface area contributed by atoms with Crippen LogP contribution in [0.5, 0.6) is 0 Å². The number of fused-ring (bicyclic) bond motifs is 1. The van der Waals surface area contributed by atoms with Crippen LogP contribution < -0.4 is 10.5 Å². The second-order valence-corrected chi connectivity index (χ2v) is 4.74. The fraction of sp³-hybridized carbons (Fsp3) is 0.200. The summed E-state index contributed by atoms with van der Waals surface area (Å²) in [5.74, 6) is -0.734. The number of aromatic nitrogens is 1. The maximum Gasteiger partial charge on any atom is 0.251 e. The van der Waals surface area contributed by atoms with Crippen molar-refractivity contribution in [3.8, 4) is 0 Å². The minimum Gasteiger partial charge on any atom is -0.310 e. The fourth-order valence-corrected chi connectivity index (χ4v) is 2.45. The maximum atomic E-state index is 13.1. The van der Waals surface area contributed by atoms with Crippen LogP contribution >= 0.6 is 0 Å². The zero-order valence-corrected chi connectivity index (χ0v) is 10.8. The molecule has 0 N–H and O–H groups in total. The third-order valence-electron chi connectivity index (χ3n) is 3.44. The lowest BCUT2D eigenvalue weighted by Gasteiger charge is -2.17. The Morgan fingerprint density at radius 1 is 1.20 bits per heavy atom. The van der Waals surface area contributed by atoms with Gasteiger partial charge in [0.25, 0.3) is 5.56 Å². The molecule has 102 valence electrons. The van der Waals surface area contributed by atoms with Crippen molar-refractivity contribution in [2.75, 3.05) is 11.4 Å². The Morgan fingerprint density at radius 3 is 2.85 bits per heavy atom. The summed E-state index contributed by atoms with van der Waals surface area (Å²) in [6.07, 6.45) is 1.86. The van der Waals surface area contributed by atoms with Crippen LogP contribution in [0.3, 0.4) is 0 Å². The molecular weight excluding hydrogens is 259 g/mol. The van der Waals surface area contributed by atoms with Gasteiger partial charge in [0.2, 0.25) is 5.91 Å². The quantitative estimate of drug-likeness (QED) is 0.833. The lowest BCUT2D eigenvalue weighted by molar-refractivity contribution is -0.119. The van der Waals surface area contributed by atoms with Gasteiger partial charge in [0.05, 0.1) is 0 Å². The molecular formula is C15H13FN2O2. The van der Waals surface area contributed by atoms with Crippen LogP contribution in [-0.4, -0.2) is 17.0 Å². The highest BCUT2D eigenvalue weighted by atomic mass is 19.1. The van der Waals surface area contributed by atoms with Crippen LogP contribution in [0.15, 0.2) is 47.4 Å². The average molecular weight is 272 g/mol. The molecule has 0 spiro atoms. The lowest BCUT2D eigenvalue weighted by atomic mass is 10.2. The van der Waals surface area contributed by atoms with E-state index in [9.17, 15) is 14.0 Å². The third kappa shape index (κ3) is 2.22. The number of amides is 1. The molecule has 1 aromatic carbocycles. The van der Waals surface area contributed by atoms with Crippen molar-refractivity contribution in [3.63, 3.8) is 0 Å². The summed E-state index contributed by atoms with van der Waals surface area (Å²) < 4.78 is 14.2. The van der Waals surface area contributed by atoms with Gasteiger partial charge in [-0.05, 0) is 24.1 Å². The van der Waals surface area contributed by atoms with E-state index in [0.717, 1.165) is 40.6 Å². The molecule has 0 unspecified atom stereocenters. The Morgan fingerprint density at radius 2 is 2.00 bits per heavy atom. The van der Waals surface area contributed by atoms with Gasteiger partial charge in [0.1, 0.15) is 12.4 Å². The Balaban J connectivity index is 1.85. The molecule has 0 bridgehead atoms. The average Bonchev–Trinajstić information content (AvgIpc) is 2.87. The van der Waals surface area contributed by atoms with E-state index < -0.39 is 5.82 Å². The number of anilines is 1. The summed E-state index contributed by atoms with van der Waals surface area (Å²) >= 11 is 0. The summed E-state index contributed by atoms with van der Waals surface area (Å²) in [5, 5.41) is 0. The molecule has 1 aliphatic rings. The molecule has 2 heterocycles. The Kier molecular flexibility index (Phi) is 3.10. The number of carbonyl (C=O) groups excluding carboxylic acids is 1. The van der Waals surface area contributed by atoms with E-state index in [1.165, 1.54) is 0 Å². The van der Waals surface area contributed by atoms with Gasteiger partial charge in [-0.1, -0.05) is 18.2 Å². The monoisotopic (exact) mass is 272 g/mol. The lowest BCUT2D eigenvalue weighted by Crippen LogP contribution is -2.35. The summed E-state index contributed by atoms with van der Waals surface area (Å²) in [5.41, 5.74) is 1.61. The van der Waals surface area contributed by atoms with Crippen molar-refractivity contribution in [2.45, 2.75) is 13.0 Å². The number of carbonyl (C=O) groups is 1. The predicted octanol–water partition coefficient (Wildman–Crippen LogP) is 1.58. The molecule has 3 rings (SSSR count). The zero-order valence-electron chi connectivity index (χ0n) is 10.8.